The van der Waals surface area contributed by atoms with Gasteiger partial charge in [-0.3, -0.25) is 9.36 Å². The molecule has 2 aromatic heterocycles. The van der Waals surface area contributed by atoms with Crippen molar-refractivity contribution in [2.75, 3.05) is 0 Å². The Hall–Kier alpha value is -3.18. The van der Waals surface area contributed by atoms with Gasteiger partial charge in [-0.05, 0) is 48.9 Å². The van der Waals surface area contributed by atoms with Gasteiger partial charge in [-0.25, -0.2) is 0 Å². The first-order valence-corrected chi connectivity index (χ1v) is 12.2. The zero-order chi connectivity index (χ0) is 24.4. The molecule has 0 aliphatic carbocycles. The van der Waals surface area contributed by atoms with Crippen LogP contribution in [0.4, 0.5) is 0 Å². The average molecular weight is 457 g/mol. The minimum absolute atomic E-state index is 0.424. The molecular formula is C29H36N4O. The first-order valence-electron chi connectivity index (χ1n) is 12.2. The van der Waals surface area contributed by atoms with E-state index in [1.165, 1.54) is 11.1 Å². The summed E-state index contributed by atoms with van der Waals surface area (Å²) in [5, 5.41) is 20.4. The van der Waals surface area contributed by atoms with E-state index in [1.54, 1.807) is 0 Å². The highest BCUT2D eigenvalue weighted by Gasteiger charge is 2.15. The lowest BCUT2D eigenvalue weighted by atomic mass is 10.0. The lowest BCUT2D eigenvalue weighted by Gasteiger charge is -2.13. The lowest BCUT2D eigenvalue weighted by molar-refractivity contribution is 0.124. The van der Waals surface area contributed by atoms with Gasteiger partial charge >= 0.3 is 0 Å². The zero-order valence-electron chi connectivity index (χ0n) is 21.2. The third-order valence-electron chi connectivity index (χ3n) is 6.48. The van der Waals surface area contributed by atoms with Crippen LogP contribution in [0.15, 0.2) is 60.7 Å². The van der Waals surface area contributed by atoms with Crippen LogP contribution in [0, 0.1) is 13.8 Å². The van der Waals surface area contributed by atoms with Gasteiger partial charge in [-0.2, -0.15) is 10.2 Å². The van der Waals surface area contributed by atoms with E-state index in [2.05, 4.69) is 88.4 Å². The van der Waals surface area contributed by atoms with Crippen molar-refractivity contribution in [1.29, 1.82) is 0 Å². The predicted octanol–water partition coefficient (Wildman–Crippen LogP) is 6.34. The summed E-state index contributed by atoms with van der Waals surface area (Å²) in [5.41, 5.74) is 8.76. The second-order valence-corrected chi connectivity index (χ2v) is 9.91. The van der Waals surface area contributed by atoms with Crippen LogP contribution < -0.4 is 0 Å². The molecule has 0 saturated carbocycles. The van der Waals surface area contributed by atoms with Crippen molar-refractivity contribution in [2.24, 2.45) is 0 Å². The average Bonchev–Trinajstić information content (AvgIpc) is 3.36. The number of aryl methyl sites for hydroxylation is 2. The van der Waals surface area contributed by atoms with Gasteiger partial charge in [0.15, 0.2) is 0 Å². The predicted molar refractivity (Wildman–Crippen MR) is 139 cm³/mol. The molecule has 0 fully saturated rings. The van der Waals surface area contributed by atoms with Gasteiger partial charge in [-0.15, -0.1) is 0 Å². The van der Waals surface area contributed by atoms with Crippen molar-refractivity contribution in [2.45, 2.75) is 72.6 Å². The Morgan fingerprint density at radius 1 is 0.647 bits per heavy atom. The van der Waals surface area contributed by atoms with E-state index in [0.29, 0.717) is 24.9 Å². The molecule has 0 unspecified atom stereocenters. The molecule has 0 spiro atoms. The Morgan fingerprint density at radius 2 is 1.00 bits per heavy atom. The number of hydrogen-bond acceptors (Lipinski definition) is 3. The summed E-state index contributed by atoms with van der Waals surface area (Å²) < 4.78 is 3.78. The van der Waals surface area contributed by atoms with Crippen molar-refractivity contribution in [3.8, 4) is 22.5 Å². The molecular weight excluding hydrogens is 420 g/mol. The largest absolute Gasteiger partial charge is 0.389 e. The van der Waals surface area contributed by atoms with Gasteiger partial charge < -0.3 is 5.11 Å². The molecule has 0 aliphatic rings. The highest BCUT2D eigenvalue weighted by atomic mass is 16.3. The normalized spacial score (nSPS) is 11.8. The van der Waals surface area contributed by atoms with E-state index in [-0.39, 0.29) is 0 Å². The van der Waals surface area contributed by atoms with Crippen LogP contribution in [0.25, 0.3) is 22.5 Å². The number of nitrogens with zero attached hydrogens (tertiary/aromatic N) is 4. The number of aliphatic hydroxyl groups excluding tert-OH is 1. The van der Waals surface area contributed by atoms with Crippen molar-refractivity contribution in [3.63, 3.8) is 0 Å². The molecule has 5 nitrogen and oxygen atoms in total. The number of aliphatic hydroxyl groups is 1. The second-order valence-electron chi connectivity index (χ2n) is 9.91. The molecule has 0 radical (unpaired) electrons. The number of benzene rings is 2. The van der Waals surface area contributed by atoms with Gasteiger partial charge in [0, 0.05) is 22.5 Å². The Kier molecular flexibility index (Phi) is 7.03. The highest BCUT2D eigenvalue weighted by molar-refractivity contribution is 5.60. The monoisotopic (exact) mass is 456 g/mol. The maximum atomic E-state index is 10.8. The summed E-state index contributed by atoms with van der Waals surface area (Å²) >= 11 is 0. The Bertz CT molecular complexity index is 1130. The molecule has 1 N–H and O–H groups in total. The minimum atomic E-state index is -0.593. The van der Waals surface area contributed by atoms with Crippen LogP contribution in [0.5, 0.6) is 0 Å². The summed E-state index contributed by atoms with van der Waals surface area (Å²) in [4.78, 5) is 0. The highest BCUT2D eigenvalue weighted by Crippen LogP contribution is 2.24. The fourth-order valence-corrected chi connectivity index (χ4v) is 4.21. The first kappa shape index (κ1) is 24.0. The molecule has 0 bridgehead atoms. The molecule has 4 rings (SSSR count). The van der Waals surface area contributed by atoms with Crippen molar-refractivity contribution >= 4 is 0 Å². The van der Waals surface area contributed by atoms with Crippen LogP contribution >= 0.6 is 0 Å². The number of hydrogen-bond donors (Lipinski definition) is 1. The van der Waals surface area contributed by atoms with Crippen molar-refractivity contribution in [3.05, 3.63) is 83.2 Å². The molecule has 0 amide bonds. The van der Waals surface area contributed by atoms with Gasteiger partial charge in [0.2, 0.25) is 0 Å². The van der Waals surface area contributed by atoms with Crippen LogP contribution in [-0.2, 0) is 13.1 Å². The molecule has 178 valence electrons. The minimum Gasteiger partial charge on any atom is -0.389 e. The van der Waals surface area contributed by atoms with Gasteiger partial charge in [-0.1, -0.05) is 76.2 Å². The maximum Gasteiger partial charge on any atom is 0.0931 e. The maximum absolute atomic E-state index is 10.8. The van der Waals surface area contributed by atoms with Crippen LogP contribution in [0.3, 0.4) is 0 Å². The third-order valence-corrected chi connectivity index (χ3v) is 6.48. The van der Waals surface area contributed by atoms with Crippen LogP contribution in [0.2, 0.25) is 0 Å². The van der Waals surface area contributed by atoms with E-state index in [9.17, 15) is 5.11 Å². The van der Waals surface area contributed by atoms with Crippen LogP contribution in [-0.4, -0.2) is 30.8 Å². The Morgan fingerprint density at radius 3 is 1.32 bits per heavy atom. The van der Waals surface area contributed by atoms with Crippen LogP contribution in [0.1, 0.15) is 62.0 Å². The third kappa shape index (κ3) is 5.31. The number of rotatable bonds is 8. The Labute approximate surface area is 203 Å². The van der Waals surface area contributed by atoms with Crippen molar-refractivity contribution in [1.82, 2.24) is 19.6 Å². The molecule has 2 aromatic carbocycles. The lowest BCUT2D eigenvalue weighted by Crippen LogP contribution is -2.24. The van der Waals surface area contributed by atoms with E-state index >= 15 is 0 Å². The quantitative estimate of drug-likeness (QED) is 0.337. The summed E-state index contributed by atoms with van der Waals surface area (Å²) in [5.74, 6) is 1.02. The standard InChI is InChI=1S/C29H36N4O/c1-19(2)23-7-11-25(12-8-23)28-15-21(5)32(30-28)17-27(34)18-33-22(6)16-29(31-33)26-13-9-24(10-14-26)20(3)4/h7-16,19-20,27,34H,17-18H2,1-6H3. The van der Waals surface area contributed by atoms with E-state index in [1.807, 2.05) is 23.2 Å². The molecule has 0 aliphatic heterocycles. The number of aromatic nitrogens is 4. The van der Waals surface area contributed by atoms with E-state index < -0.39 is 6.10 Å². The van der Waals surface area contributed by atoms with Gasteiger partial charge in [0.25, 0.3) is 0 Å². The van der Waals surface area contributed by atoms with Gasteiger partial charge in [0.1, 0.15) is 0 Å². The SMILES string of the molecule is Cc1cc(-c2ccc(C(C)C)cc2)nn1CC(O)Cn1nc(-c2ccc(C(C)C)cc2)cc1C. The van der Waals surface area contributed by atoms with Crippen molar-refractivity contribution < 1.29 is 5.11 Å². The molecule has 4 aromatic rings. The first-order chi connectivity index (χ1) is 16.2. The Balaban J connectivity index is 1.44. The molecule has 2 heterocycles. The van der Waals surface area contributed by atoms with Gasteiger partial charge in [0.05, 0.1) is 30.6 Å². The van der Waals surface area contributed by atoms with E-state index in [4.69, 9.17) is 10.2 Å². The fourth-order valence-electron chi connectivity index (χ4n) is 4.21. The summed E-state index contributed by atoms with van der Waals surface area (Å²) in [6.45, 7) is 13.7. The summed E-state index contributed by atoms with van der Waals surface area (Å²) in [7, 11) is 0. The zero-order valence-corrected chi connectivity index (χ0v) is 21.2. The summed E-state index contributed by atoms with van der Waals surface area (Å²) in [6.07, 6.45) is -0.593. The topological polar surface area (TPSA) is 55.9 Å². The second kappa shape index (κ2) is 9.98. The smallest absolute Gasteiger partial charge is 0.0931 e. The molecule has 5 heteroatoms. The molecule has 0 saturated heterocycles. The summed E-state index contributed by atoms with van der Waals surface area (Å²) in [6, 6.07) is 21.3. The van der Waals surface area contributed by atoms with E-state index in [0.717, 1.165) is 33.9 Å². The fraction of sp³-hybridized carbons (Fsp3) is 0.379. The molecule has 0 atom stereocenters. The molecule has 34 heavy (non-hydrogen) atoms.